The Hall–Kier alpha value is -5.90. The average Bonchev–Trinajstić information content (AvgIpc) is 3.73. The molecule has 268 valence electrons. The fraction of sp³-hybridized carbons (Fsp3) is 0.286. The summed E-state index contributed by atoms with van der Waals surface area (Å²) in [7, 11) is 3.16. The lowest BCUT2D eigenvalue weighted by Crippen LogP contribution is -2.44. The van der Waals surface area contributed by atoms with Gasteiger partial charge in [0.1, 0.15) is 24.7 Å². The average molecular weight is 703 g/mol. The van der Waals surface area contributed by atoms with Gasteiger partial charge in [-0.05, 0) is 72.2 Å². The molecule has 2 heterocycles. The third kappa shape index (κ3) is 8.69. The van der Waals surface area contributed by atoms with Crippen molar-refractivity contribution in [1.82, 2.24) is 9.80 Å². The van der Waals surface area contributed by atoms with Crippen LogP contribution in [0.15, 0.2) is 121 Å². The SMILES string of the molecule is COc1ccc(CC(=CC[C@H](Cc2ccc(OC)cc2)C(=O)N2C(=O)OC[C@@H]2Cc2ccccc2)C(=O)N2C(=O)OC[C@@H]2Cc2ccccc2)cc1. The number of nitrogens with zero attached hydrogens (tertiary/aromatic N) is 2. The number of carbonyl (C=O) groups excluding carboxylic acids is 4. The zero-order valence-corrected chi connectivity index (χ0v) is 29.3. The first kappa shape index (κ1) is 35.9. The second kappa shape index (κ2) is 16.9. The van der Waals surface area contributed by atoms with Crippen LogP contribution in [0, 0.1) is 5.92 Å². The highest BCUT2D eigenvalue weighted by atomic mass is 16.6. The van der Waals surface area contributed by atoms with Crippen molar-refractivity contribution < 1.29 is 38.1 Å². The summed E-state index contributed by atoms with van der Waals surface area (Å²) < 4.78 is 21.5. The zero-order chi connectivity index (χ0) is 36.5. The van der Waals surface area contributed by atoms with Crippen LogP contribution >= 0.6 is 0 Å². The Morgan fingerprint density at radius 2 is 1.15 bits per heavy atom. The minimum atomic E-state index is -0.735. The number of hydrogen-bond donors (Lipinski definition) is 0. The Labute approximate surface area is 303 Å². The Bertz CT molecular complexity index is 1880. The molecule has 0 aliphatic carbocycles. The lowest BCUT2D eigenvalue weighted by atomic mass is 9.91. The highest BCUT2D eigenvalue weighted by molar-refractivity contribution is 6.04. The number of imide groups is 2. The van der Waals surface area contributed by atoms with E-state index in [0.29, 0.717) is 29.9 Å². The van der Waals surface area contributed by atoms with E-state index < -0.39 is 42.0 Å². The molecule has 10 heteroatoms. The first-order valence-electron chi connectivity index (χ1n) is 17.4. The number of allylic oxidation sites excluding steroid dienone is 1. The van der Waals surface area contributed by atoms with E-state index in [4.69, 9.17) is 18.9 Å². The Morgan fingerprint density at radius 1 is 0.673 bits per heavy atom. The van der Waals surface area contributed by atoms with Crippen LogP contribution in [0.1, 0.15) is 28.7 Å². The monoisotopic (exact) mass is 702 g/mol. The van der Waals surface area contributed by atoms with Gasteiger partial charge in [0.25, 0.3) is 5.91 Å². The molecule has 2 saturated heterocycles. The number of carbonyl (C=O) groups is 4. The van der Waals surface area contributed by atoms with E-state index >= 15 is 0 Å². The topological polar surface area (TPSA) is 112 Å². The van der Waals surface area contributed by atoms with Gasteiger partial charge in [-0.2, -0.15) is 0 Å². The summed E-state index contributed by atoms with van der Waals surface area (Å²) >= 11 is 0. The Balaban J connectivity index is 1.32. The lowest BCUT2D eigenvalue weighted by molar-refractivity contribution is -0.133. The standard InChI is InChI=1S/C42H42N2O8/c1-49-37-19-13-31(14-20-37)23-33(39(45)43-35(27-51-41(43)47)25-29-9-5-3-6-10-29)17-18-34(24-32-15-21-38(50-2)22-16-32)40(46)44-36(28-52-42(44)48)26-30-11-7-4-8-12-30/h3-17,19-22,34-36H,18,23-28H2,1-2H3/t34-,35+,36+/m1/s1. The second-order valence-corrected chi connectivity index (χ2v) is 13.0. The van der Waals surface area contributed by atoms with Crippen LogP contribution in [0.5, 0.6) is 11.5 Å². The lowest BCUT2D eigenvalue weighted by Gasteiger charge is -2.25. The van der Waals surface area contributed by atoms with Crippen LogP contribution in [-0.4, -0.2) is 73.3 Å². The predicted octanol–water partition coefficient (Wildman–Crippen LogP) is 6.60. The summed E-state index contributed by atoms with van der Waals surface area (Å²) in [5.41, 5.74) is 3.95. The number of benzene rings is 4. The van der Waals surface area contributed by atoms with Crippen LogP contribution in [-0.2, 0) is 44.7 Å². The molecule has 0 bridgehead atoms. The van der Waals surface area contributed by atoms with E-state index in [-0.39, 0.29) is 32.5 Å². The molecule has 6 rings (SSSR count). The van der Waals surface area contributed by atoms with E-state index in [2.05, 4.69) is 0 Å². The number of rotatable bonds is 14. The van der Waals surface area contributed by atoms with Crippen molar-refractivity contribution in [2.24, 2.45) is 5.92 Å². The number of cyclic esters (lactones) is 2. The zero-order valence-electron chi connectivity index (χ0n) is 29.3. The largest absolute Gasteiger partial charge is 0.497 e. The number of methoxy groups -OCH3 is 2. The second-order valence-electron chi connectivity index (χ2n) is 13.0. The van der Waals surface area contributed by atoms with Gasteiger partial charge in [-0.25, -0.2) is 19.4 Å². The summed E-state index contributed by atoms with van der Waals surface area (Å²) in [5.74, 6) is -0.278. The van der Waals surface area contributed by atoms with Gasteiger partial charge in [0, 0.05) is 17.9 Å². The van der Waals surface area contributed by atoms with Crippen molar-refractivity contribution in [1.29, 1.82) is 0 Å². The first-order valence-corrected chi connectivity index (χ1v) is 17.4. The Morgan fingerprint density at radius 3 is 1.67 bits per heavy atom. The third-order valence-electron chi connectivity index (χ3n) is 9.47. The molecular weight excluding hydrogens is 660 g/mol. The molecule has 0 unspecified atom stereocenters. The normalized spacial score (nSPS) is 17.8. The highest BCUT2D eigenvalue weighted by Crippen LogP contribution is 2.28. The molecule has 4 aromatic rings. The quantitative estimate of drug-likeness (QED) is 0.135. The van der Waals surface area contributed by atoms with Crippen molar-refractivity contribution in [2.75, 3.05) is 27.4 Å². The fourth-order valence-corrected chi connectivity index (χ4v) is 6.66. The van der Waals surface area contributed by atoms with Crippen LogP contribution in [0.4, 0.5) is 9.59 Å². The molecule has 52 heavy (non-hydrogen) atoms. The van der Waals surface area contributed by atoms with Gasteiger partial charge in [0.15, 0.2) is 0 Å². The first-order chi connectivity index (χ1) is 25.3. The fourth-order valence-electron chi connectivity index (χ4n) is 6.66. The van der Waals surface area contributed by atoms with Gasteiger partial charge in [0.05, 0.1) is 26.3 Å². The molecule has 2 aliphatic heterocycles. The van der Waals surface area contributed by atoms with Gasteiger partial charge in [0.2, 0.25) is 5.91 Å². The van der Waals surface area contributed by atoms with E-state index in [1.54, 1.807) is 20.3 Å². The van der Waals surface area contributed by atoms with E-state index in [9.17, 15) is 19.2 Å². The van der Waals surface area contributed by atoms with Crippen molar-refractivity contribution >= 4 is 24.0 Å². The van der Waals surface area contributed by atoms with Crippen LogP contribution in [0.2, 0.25) is 0 Å². The molecular formula is C42H42N2O8. The Kier molecular flexibility index (Phi) is 11.7. The molecule has 4 amide bonds. The highest BCUT2D eigenvalue weighted by Gasteiger charge is 2.42. The van der Waals surface area contributed by atoms with E-state index in [1.807, 2.05) is 109 Å². The molecule has 0 saturated carbocycles. The molecule has 0 N–H and O–H groups in total. The van der Waals surface area contributed by atoms with Gasteiger partial charge in [-0.3, -0.25) is 9.59 Å². The predicted molar refractivity (Wildman–Crippen MR) is 194 cm³/mol. The molecule has 0 spiro atoms. The number of hydrogen-bond acceptors (Lipinski definition) is 8. The molecule has 2 aliphatic rings. The van der Waals surface area contributed by atoms with Crippen LogP contribution in [0.3, 0.4) is 0 Å². The number of amides is 4. The maximum atomic E-state index is 14.4. The summed E-state index contributed by atoms with van der Waals surface area (Å²) in [5, 5.41) is 0. The summed E-state index contributed by atoms with van der Waals surface area (Å²) in [4.78, 5) is 57.5. The number of ether oxygens (including phenoxy) is 4. The summed E-state index contributed by atoms with van der Waals surface area (Å²) in [6.45, 7) is 0.166. The summed E-state index contributed by atoms with van der Waals surface area (Å²) in [6, 6.07) is 33.0. The molecule has 4 aromatic carbocycles. The molecule has 0 radical (unpaired) electrons. The minimum absolute atomic E-state index is 0.0771. The molecule has 2 fully saturated rings. The van der Waals surface area contributed by atoms with E-state index in [0.717, 1.165) is 22.3 Å². The summed E-state index contributed by atoms with van der Waals surface area (Å²) in [6.07, 6.45) is 1.82. The third-order valence-corrected chi connectivity index (χ3v) is 9.47. The van der Waals surface area contributed by atoms with E-state index in [1.165, 1.54) is 9.80 Å². The van der Waals surface area contributed by atoms with Gasteiger partial charge in [-0.15, -0.1) is 0 Å². The van der Waals surface area contributed by atoms with Crippen molar-refractivity contribution in [3.8, 4) is 11.5 Å². The van der Waals surface area contributed by atoms with Crippen LogP contribution in [0.25, 0.3) is 0 Å². The van der Waals surface area contributed by atoms with Crippen molar-refractivity contribution in [2.45, 2.75) is 44.2 Å². The molecule has 3 atom stereocenters. The smallest absolute Gasteiger partial charge is 0.417 e. The van der Waals surface area contributed by atoms with Crippen LogP contribution < -0.4 is 9.47 Å². The van der Waals surface area contributed by atoms with Crippen molar-refractivity contribution in [3.63, 3.8) is 0 Å². The maximum Gasteiger partial charge on any atom is 0.417 e. The van der Waals surface area contributed by atoms with Gasteiger partial charge < -0.3 is 18.9 Å². The van der Waals surface area contributed by atoms with Gasteiger partial charge in [-0.1, -0.05) is 91.0 Å². The molecule has 0 aromatic heterocycles. The minimum Gasteiger partial charge on any atom is -0.497 e. The van der Waals surface area contributed by atoms with Crippen molar-refractivity contribution in [3.05, 3.63) is 143 Å². The molecule has 10 nitrogen and oxygen atoms in total. The maximum absolute atomic E-state index is 14.4. The van der Waals surface area contributed by atoms with Gasteiger partial charge >= 0.3 is 12.2 Å².